The van der Waals surface area contributed by atoms with E-state index in [1.54, 1.807) is 0 Å². The molecule has 1 unspecified atom stereocenters. The zero-order chi connectivity index (χ0) is 12.0. The maximum Gasteiger partial charge on any atom is 0.318 e. The van der Waals surface area contributed by atoms with Crippen LogP contribution in [0.5, 0.6) is 0 Å². The lowest BCUT2D eigenvalue weighted by molar-refractivity contribution is -0.121. The third-order valence-electron chi connectivity index (χ3n) is 2.45. The predicted octanol–water partition coefficient (Wildman–Crippen LogP) is -1.74. The Labute approximate surface area is 93.5 Å². The molecule has 0 spiro atoms. The van der Waals surface area contributed by atoms with Crippen LogP contribution in [0.25, 0.3) is 0 Å². The average molecular weight is 231 g/mol. The summed E-state index contributed by atoms with van der Waals surface area (Å²) < 4.78 is 5.20. The third kappa shape index (κ3) is 4.13. The fourth-order valence-corrected chi connectivity index (χ4v) is 1.60. The number of ether oxygens (including phenoxy) is 1. The highest BCUT2D eigenvalue weighted by Crippen LogP contribution is 2.06. The van der Waals surface area contributed by atoms with Crippen LogP contribution in [-0.2, 0) is 9.53 Å². The lowest BCUT2D eigenvalue weighted by Crippen LogP contribution is -2.48. The number of carbonyl (C=O) groups excluding carboxylic acids is 2. The van der Waals surface area contributed by atoms with Crippen molar-refractivity contribution < 1.29 is 19.4 Å². The van der Waals surface area contributed by atoms with Gasteiger partial charge in [0.25, 0.3) is 0 Å². The van der Waals surface area contributed by atoms with E-state index in [1.807, 2.05) is 10.2 Å². The van der Waals surface area contributed by atoms with Gasteiger partial charge < -0.3 is 15.6 Å². The Morgan fingerprint density at radius 3 is 2.94 bits per heavy atom. The topological polar surface area (TPSA) is 105 Å². The van der Waals surface area contributed by atoms with Gasteiger partial charge in [-0.25, -0.2) is 4.79 Å². The minimum Gasteiger partial charge on any atom is -0.395 e. The van der Waals surface area contributed by atoms with E-state index in [0.717, 1.165) is 0 Å². The number of amides is 3. The van der Waals surface area contributed by atoms with Crippen LogP contribution in [0.1, 0.15) is 6.42 Å². The predicted molar refractivity (Wildman–Crippen MR) is 55.6 cm³/mol. The van der Waals surface area contributed by atoms with Crippen molar-refractivity contribution in [2.75, 3.05) is 32.9 Å². The number of nitrogens with one attached hydrogen (secondary N) is 1. The molecule has 0 aromatic heterocycles. The molecule has 0 aromatic carbocycles. The molecule has 16 heavy (non-hydrogen) atoms. The molecule has 4 N–H and O–H groups in total. The standard InChI is InChI=1S/C9H17N3O4/c10-9(15)11-8(14)1-2-12-3-4-16-6-7(12)5-13/h7,13H,1-6H2,(H3,10,11,14,15). The number of aliphatic hydroxyl groups is 1. The second-order valence-corrected chi connectivity index (χ2v) is 3.61. The maximum absolute atomic E-state index is 11.2. The molecule has 0 aromatic rings. The summed E-state index contributed by atoms with van der Waals surface area (Å²) in [5.41, 5.74) is 4.81. The van der Waals surface area contributed by atoms with Crippen molar-refractivity contribution >= 4 is 11.9 Å². The molecule has 92 valence electrons. The molecule has 1 saturated heterocycles. The van der Waals surface area contributed by atoms with Crippen molar-refractivity contribution in [3.05, 3.63) is 0 Å². The van der Waals surface area contributed by atoms with Gasteiger partial charge in [-0.05, 0) is 0 Å². The van der Waals surface area contributed by atoms with Crippen LogP contribution in [0.2, 0.25) is 0 Å². The lowest BCUT2D eigenvalue weighted by atomic mass is 10.2. The summed E-state index contributed by atoms with van der Waals surface area (Å²) in [7, 11) is 0. The van der Waals surface area contributed by atoms with Gasteiger partial charge in [0.15, 0.2) is 0 Å². The van der Waals surface area contributed by atoms with Crippen molar-refractivity contribution in [1.82, 2.24) is 10.2 Å². The largest absolute Gasteiger partial charge is 0.395 e. The van der Waals surface area contributed by atoms with Crippen LogP contribution >= 0.6 is 0 Å². The van der Waals surface area contributed by atoms with Crippen LogP contribution in [0.15, 0.2) is 0 Å². The van der Waals surface area contributed by atoms with Gasteiger partial charge in [-0.3, -0.25) is 15.0 Å². The zero-order valence-electron chi connectivity index (χ0n) is 9.02. The Hall–Kier alpha value is -1.18. The molecule has 0 bridgehead atoms. The number of nitrogens with zero attached hydrogens (tertiary/aromatic N) is 1. The van der Waals surface area contributed by atoms with Crippen molar-refractivity contribution in [3.63, 3.8) is 0 Å². The Balaban J connectivity index is 2.29. The molecule has 7 nitrogen and oxygen atoms in total. The first-order valence-electron chi connectivity index (χ1n) is 5.15. The molecule has 3 amide bonds. The van der Waals surface area contributed by atoms with Gasteiger partial charge >= 0.3 is 6.03 Å². The van der Waals surface area contributed by atoms with E-state index in [1.165, 1.54) is 0 Å². The van der Waals surface area contributed by atoms with Crippen LogP contribution in [-0.4, -0.2) is 60.9 Å². The van der Waals surface area contributed by atoms with Gasteiger partial charge in [-0.1, -0.05) is 0 Å². The Morgan fingerprint density at radius 1 is 1.56 bits per heavy atom. The summed E-state index contributed by atoms with van der Waals surface area (Å²) in [6, 6.07) is -0.916. The molecule has 0 saturated carbocycles. The minimum absolute atomic E-state index is 0.00254. The first-order valence-corrected chi connectivity index (χ1v) is 5.15. The van der Waals surface area contributed by atoms with Crippen LogP contribution < -0.4 is 11.1 Å². The van der Waals surface area contributed by atoms with Crippen molar-refractivity contribution in [2.45, 2.75) is 12.5 Å². The number of morpholine rings is 1. The summed E-state index contributed by atoms with van der Waals surface area (Å²) in [6.07, 6.45) is 0.180. The van der Waals surface area contributed by atoms with Gasteiger partial charge in [0.2, 0.25) is 5.91 Å². The number of hydrogen-bond donors (Lipinski definition) is 3. The van der Waals surface area contributed by atoms with Gasteiger partial charge in [-0.15, -0.1) is 0 Å². The molecule has 0 radical (unpaired) electrons. The van der Waals surface area contributed by atoms with Crippen LogP contribution in [0, 0.1) is 0 Å². The van der Waals surface area contributed by atoms with E-state index in [2.05, 4.69) is 0 Å². The summed E-state index contributed by atoms with van der Waals surface area (Å²) in [5.74, 6) is -0.407. The molecule has 0 aliphatic carbocycles. The minimum atomic E-state index is -0.842. The molecular formula is C9H17N3O4. The van der Waals surface area contributed by atoms with Crippen molar-refractivity contribution in [1.29, 1.82) is 0 Å². The van der Waals surface area contributed by atoms with E-state index in [9.17, 15) is 9.59 Å². The smallest absolute Gasteiger partial charge is 0.318 e. The van der Waals surface area contributed by atoms with E-state index in [4.69, 9.17) is 15.6 Å². The van der Waals surface area contributed by atoms with Gasteiger partial charge in [-0.2, -0.15) is 0 Å². The Morgan fingerprint density at radius 2 is 2.31 bits per heavy atom. The quantitative estimate of drug-likeness (QED) is 0.533. The molecule has 1 heterocycles. The Kier molecular flexibility index (Phi) is 5.17. The number of aliphatic hydroxyl groups excluding tert-OH is 1. The average Bonchev–Trinajstić information content (AvgIpc) is 2.26. The second kappa shape index (κ2) is 6.41. The van der Waals surface area contributed by atoms with Crippen molar-refractivity contribution in [3.8, 4) is 0 Å². The zero-order valence-corrected chi connectivity index (χ0v) is 9.02. The molecule has 1 atom stereocenters. The number of nitrogens with two attached hydrogens (primary N) is 1. The van der Waals surface area contributed by atoms with Crippen LogP contribution in [0.4, 0.5) is 4.79 Å². The summed E-state index contributed by atoms with van der Waals surface area (Å²) in [5, 5.41) is 11.1. The number of imide groups is 1. The molecule has 7 heteroatoms. The summed E-state index contributed by atoms with van der Waals surface area (Å²) in [4.78, 5) is 23.5. The van der Waals surface area contributed by atoms with E-state index in [-0.39, 0.29) is 19.1 Å². The molecule has 1 fully saturated rings. The first-order chi connectivity index (χ1) is 7.63. The number of carbonyl (C=O) groups is 2. The van der Waals surface area contributed by atoms with Gasteiger partial charge in [0.05, 0.1) is 25.9 Å². The lowest BCUT2D eigenvalue weighted by Gasteiger charge is -2.34. The van der Waals surface area contributed by atoms with Crippen LogP contribution in [0.3, 0.4) is 0 Å². The van der Waals surface area contributed by atoms with Gasteiger partial charge in [0, 0.05) is 19.5 Å². The normalized spacial score (nSPS) is 21.7. The molecule has 1 aliphatic rings. The molecular weight excluding hydrogens is 214 g/mol. The third-order valence-corrected chi connectivity index (χ3v) is 2.45. The number of hydrogen-bond acceptors (Lipinski definition) is 5. The number of rotatable bonds is 4. The SMILES string of the molecule is NC(=O)NC(=O)CCN1CCOCC1CO. The van der Waals surface area contributed by atoms with Crippen molar-refractivity contribution in [2.24, 2.45) is 5.73 Å². The van der Waals surface area contributed by atoms with E-state index < -0.39 is 11.9 Å². The fourth-order valence-electron chi connectivity index (χ4n) is 1.60. The molecule has 1 rings (SSSR count). The highest BCUT2D eigenvalue weighted by atomic mass is 16.5. The summed E-state index contributed by atoms with van der Waals surface area (Å²) in [6.45, 7) is 2.21. The monoisotopic (exact) mass is 231 g/mol. The Bertz CT molecular complexity index is 259. The highest BCUT2D eigenvalue weighted by Gasteiger charge is 2.22. The first kappa shape index (κ1) is 12.9. The maximum atomic E-state index is 11.2. The number of primary amides is 1. The highest BCUT2D eigenvalue weighted by molar-refractivity contribution is 5.93. The van der Waals surface area contributed by atoms with E-state index in [0.29, 0.717) is 26.3 Å². The number of urea groups is 1. The molecule has 1 aliphatic heterocycles. The summed E-state index contributed by atoms with van der Waals surface area (Å²) >= 11 is 0. The van der Waals surface area contributed by atoms with E-state index >= 15 is 0 Å². The van der Waals surface area contributed by atoms with Gasteiger partial charge in [0.1, 0.15) is 0 Å². The second-order valence-electron chi connectivity index (χ2n) is 3.61. The fraction of sp³-hybridized carbons (Fsp3) is 0.778.